The molecular formula is C27H28O6. The van der Waals surface area contributed by atoms with Gasteiger partial charge in [0, 0.05) is 0 Å². The van der Waals surface area contributed by atoms with Crippen molar-refractivity contribution in [2.24, 2.45) is 0 Å². The molecule has 172 valence electrons. The lowest BCUT2D eigenvalue weighted by molar-refractivity contribution is 0.0722. The van der Waals surface area contributed by atoms with Crippen molar-refractivity contribution in [1.82, 2.24) is 0 Å². The summed E-state index contributed by atoms with van der Waals surface area (Å²) in [5.41, 5.74) is 2.20. The molecule has 0 saturated heterocycles. The molecule has 0 aliphatic rings. The minimum absolute atomic E-state index is 0.108. The van der Waals surface area contributed by atoms with E-state index in [0.717, 1.165) is 18.4 Å². The normalized spacial score (nSPS) is 11.2. The highest BCUT2D eigenvalue weighted by Gasteiger charge is 2.23. The fourth-order valence-corrected chi connectivity index (χ4v) is 3.25. The molecule has 0 spiro atoms. The molecule has 0 N–H and O–H groups in total. The number of hydrogen-bond acceptors (Lipinski definition) is 6. The van der Waals surface area contributed by atoms with Gasteiger partial charge in [-0.25, -0.2) is 9.59 Å². The first-order chi connectivity index (χ1) is 15.9. The monoisotopic (exact) mass is 448 g/mol. The zero-order valence-electron chi connectivity index (χ0n) is 19.3. The fourth-order valence-electron chi connectivity index (χ4n) is 3.25. The van der Waals surface area contributed by atoms with Crippen LogP contribution in [0.2, 0.25) is 0 Å². The molecule has 6 nitrogen and oxygen atoms in total. The Morgan fingerprint density at radius 3 is 2.42 bits per heavy atom. The highest BCUT2D eigenvalue weighted by molar-refractivity contribution is 5.95. The van der Waals surface area contributed by atoms with E-state index in [1.807, 2.05) is 13.0 Å². The fraction of sp³-hybridized carbons (Fsp3) is 0.259. The lowest BCUT2D eigenvalue weighted by Crippen LogP contribution is -2.16. The molecule has 0 amide bonds. The maximum atomic E-state index is 12.7. The number of carbonyl (C=O) groups is 1. The van der Waals surface area contributed by atoms with E-state index in [9.17, 15) is 9.59 Å². The number of fused-ring (bicyclic) bond motifs is 1. The summed E-state index contributed by atoms with van der Waals surface area (Å²) in [4.78, 5) is 25.4. The van der Waals surface area contributed by atoms with Crippen LogP contribution < -0.4 is 19.8 Å². The molecule has 0 aliphatic carbocycles. The van der Waals surface area contributed by atoms with Crippen LogP contribution in [0.1, 0.15) is 44.0 Å². The first-order valence-electron chi connectivity index (χ1n) is 10.7. The number of rotatable bonds is 9. The van der Waals surface area contributed by atoms with Gasteiger partial charge in [-0.2, -0.15) is 0 Å². The molecule has 6 heteroatoms. The molecule has 3 aromatic rings. The zero-order valence-corrected chi connectivity index (χ0v) is 19.3. The minimum Gasteiger partial charge on any atom is -0.496 e. The summed E-state index contributed by atoms with van der Waals surface area (Å²) < 4.78 is 22.3. The summed E-state index contributed by atoms with van der Waals surface area (Å²) in [5.74, 6) is -0.448. The van der Waals surface area contributed by atoms with E-state index < -0.39 is 11.6 Å². The van der Waals surface area contributed by atoms with Gasteiger partial charge in [-0.15, -0.1) is 0 Å². The van der Waals surface area contributed by atoms with E-state index in [0.29, 0.717) is 16.7 Å². The quantitative estimate of drug-likeness (QED) is 0.224. The summed E-state index contributed by atoms with van der Waals surface area (Å²) in [7, 11) is 1.51. The number of carbonyl (C=O) groups excluding carboxylic acids is 1. The molecule has 0 fully saturated rings. The predicted octanol–water partition coefficient (Wildman–Crippen LogP) is 6.09. The van der Waals surface area contributed by atoms with Crippen LogP contribution in [-0.4, -0.2) is 19.7 Å². The first-order valence-corrected chi connectivity index (χ1v) is 10.7. The summed E-state index contributed by atoms with van der Waals surface area (Å²) in [6.07, 6.45) is 5.96. The third-order valence-corrected chi connectivity index (χ3v) is 4.98. The number of hydrogen-bond donors (Lipinski definition) is 0. The Balaban J connectivity index is 1.97. The van der Waals surface area contributed by atoms with Gasteiger partial charge in [0.05, 0.1) is 12.7 Å². The van der Waals surface area contributed by atoms with Crippen LogP contribution in [0.4, 0.5) is 0 Å². The van der Waals surface area contributed by atoms with Crippen LogP contribution in [0.15, 0.2) is 81.0 Å². The van der Waals surface area contributed by atoms with Gasteiger partial charge in [-0.05, 0) is 64.0 Å². The Labute approximate surface area is 193 Å². The molecule has 0 bridgehead atoms. The third kappa shape index (κ3) is 6.13. The van der Waals surface area contributed by atoms with Crippen molar-refractivity contribution in [3.63, 3.8) is 0 Å². The number of benzene rings is 2. The van der Waals surface area contributed by atoms with Crippen LogP contribution in [0.25, 0.3) is 11.0 Å². The maximum absolute atomic E-state index is 12.7. The van der Waals surface area contributed by atoms with Gasteiger partial charge in [0.1, 0.15) is 23.3 Å². The summed E-state index contributed by atoms with van der Waals surface area (Å²) >= 11 is 0. The number of allylic oxidation sites excluding steroid dienone is 3. The van der Waals surface area contributed by atoms with Gasteiger partial charge in [-0.1, -0.05) is 41.5 Å². The average molecular weight is 449 g/mol. The minimum atomic E-state index is -0.806. The standard InChI is InChI=1S/C27H28O6/c1-18(2)10-8-11-19(3)16-17-31-24-23-21(30-4)14-9-15-22(23)32-27(29)25(24)33-26(28)20-12-6-5-7-13-20/h5-7,9-10,12-16H,8,11,17H2,1-4H3. The lowest BCUT2D eigenvalue weighted by atomic mass is 10.1. The molecule has 1 heterocycles. The highest BCUT2D eigenvalue weighted by Crippen LogP contribution is 2.39. The Hall–Kier alpha value is -3.80. The summed E-state index contributed by atoms with van der Waals surface area (Å²) in [5, 5.41) is 0.422. The topological polar surface area (TPSA) is 75.0 Å². The van der Waals surface area contributed by atoms with E-state index in [2.05, 4.69) is 19.9 Å². The first kappa shape index (κ1) is 23.9. The summed E-state index contributed by atoms with van der Waals surface area (Å²) in [6, 6.07) is 13.5. The van der Waals surface area contributed by atoms with Gasteiger partial charge >= 0.3 is 11.6 Å². The van der Waals surface area contributed by atoms with Crippen molar-refractivity contribution in [2.75, 3.05) is 13.7 Å². The molecular weight excluding hydrogens is 420 g/mol. The van der Waals surface area contributed by atoms with Crippen LogP contribution in [0.3, 0.4) is 0 Å². The Morgan fingerprint density at radius 2 is 1.73 bits per heavy atom. The lowest BCUT2D eigenvalue weighted by Gasteiger charge is -2.14. The number of ether oxygens (including phenoxy) is 3. The second-order valence-corrected chi connectivity index (χ2v) is 7.82. The molecule has 0 radical (unpaired) electrons. The number of methoxy groups -OCH3 is 1. The van der Waals surface area contributed by atoms with E-state index in [1.54, 1.807) is 48.5 Å². The van der Waals surface area contributed by atoms with Crippen molar-refractivity contribution in [3.8, 4) is 17.2 Å². The van der Waals surface area contributed by atoms with Crippen molar-refractivity contribution in [2.45, 2.75) is 33.6 Å². The Kier molecular flexibility index (Phi) is 8.08. The Morgan fingerprint density at radius 1 is 0.970 bits per heavy atom. The molecule has 33 heavy (non-hydrogen) atoms. The van der Waals surface area contributed by atoms with Crippen molar-refractivity contribution in [3.05, 3.63) is 87.8 Å². The van der Waals surface area contributed by atoms with Gasteiger partial charge in [0.2, 0.25) is 0 Å². The van der Waals surface area contributed by atoms with E-state index in [4.69, 9.17) is 18.6 Å². The van der Waals surface area contributed by atoms with E-state index in [-0.39, 0.29) is 23.7 Å². The van der Waals surface area contributed by atoms with Crippen LogP contribution in [-0.2, 0) is 0 Å². The van der Waals surface area contributed by atoms with Gasteiger partial charge in [-0.3, -0.25) is 0 Å². The Bertz CT molecular complexity index is 1230. The van der Waals surface area contributed by atoms with Crippen molar-refractivity contribution >= 4 is 16.9 Å². The SMILES string of the molecule is COc1cccc2oc(=O)c(OC(=O)c3ccccc3)c(OCC=C(C)CCC=C(C)C)c12. The van der Waals surface area contributed by atoms with Gasteiger partial charge in [0.15, 0.2) is 5.75 Å². The molecule has 1 aromatic heterocycles. The second-order valence-electron chi connectivity index (χ2n) is 7.82. The molecule has 3 rings (SSSR count). The van der Waals surface area contributed by atoms with E-state index in [1.165, 1.54) is 12.7 Å². The average Bonchev–Trinajstić information content (AvgIpc) is 2.80. The largest absolute Gasteiger partial charge is 0.496 e. The third-order valence-electron chi connectivity index (χ3n) is 4.98. The van der Waals surface area contributed by atoms with Crippen LogP contribution in [0, 0.1) is 0 Å². The maximum Gasteiger partial charge on any atom is 0.383 e. The van der Waals surface area contributed by atoms with Crippen LogP contribution >= 0.6 is 0 Å². The second kappa shape index (κ2) is 11.2. The van der Waals surface area contributed by atoms with Gasteiger partial charge in [0.25, 0.3) is 5.75 Å². The smallest absolute Gasteiger partial charge is 0.383 e. The van der Waals surface area contributed by atoms with E-state index >= 15 is 0 Å². The predicted molar refractivity (Wildman–Crippen MR) is 128 cm³/mol. The highest BCUT2D eigenvalue weighted by atomic mass is 16.6. The molecule has 0 unspecified atom stereocenters. The van der Waals surface area contributed by atoms with Crippen molar-refractivity contribution in [1.29, 1.82) is 0 Å². The summed E-state index contributed by atoms with van der Waals surface area (Å²) in [6.45, 7) is 6.35. The van der Waals surface area contributed by atoms with Crippen molar-refractivity contribution < 1.29 is 23.4 Å². The van der Waals surface area contributed by atoms with Gasteiger partial charge < -0.3 is 18.6 Å². The van der Waals surface area contributed by atoms with Crippen LogP contribution in [0.5, 0.6) is 17.2 Å². The molecule has 2 aromatic carbocycles. The molecule has 0 saturated carbocycles. The number of esters is 1. The molecule has 0 aliphatic heterocycles. The zero-order chi connectivity index (χ0) is 23.8. The molecule has 0 atom stereocenters.